The summed E-state index contributed by atoms with van der Waals surface area (Å²) < 4.78 is 16.6. The van der Waals surface area contributed by atoms with Gasteiger partial charge in [-0.3, -0.25) is 9.80 Å². The van der Waals surface area contributed by atoms with Gasteiger partial charge < -0.3 is 24.0 Å². The monoisotopic (exact) mass is 446 g/mol. The Labute approximate surface area is 191 Å². The summed E-state index contributed by atoms with van der Waals surface area (Å²) in [4.78, 5) is 6.69. The molecule has 1 aliphatic rings. The highest BCUT2D eigenvalue weighted by Gasteiger charge is 2.25. The molecule has 32 heavy (non-hydrogen) atoms. The molecule has 0 saturated carbocycles. The minimum absolute atomic E-state index is 0.457. The van der Waals surface area contributed by atoms with Crippen molar-refractivity contribution in [1.29, 1.82) is 0 Å². The number of hydrogen-bond donors (Lipinski definition) is 1. The number of aliphatic hydroxyl groups is 1. The normalized spacial score (nSPS) is 15.9. The summed E-state index contributed by atoms with van der Waals surface area (Å²) in [6, 6.07) is 10.1. The molecule has 1 aromatic heterocycles. The fourth-order valence-electron chi connectivity index (χ4n) is 4.14. The molecule has 8 nitrogen and oxygen atoms in total. The minimum Gasteiger partial charge on any atom is -0.390 e. The Morgan fingerprint density at radius 2 is 1.88 bits per heavy atom. The van der Waals surface area contributed by atoms with Gasteiger partial charge in [0.05, 0.1) is 31.5 Å². The van der Waals surface area contributed by atoms with Gasteiger partial charge in [0.2, 0.25) is 5.88 Å². The number of nitrogens with zero attached hydrogens (tertiary/aromatic N) is 4. The van der Waals surface area contributed by atoms with Crippen molar-refractivity contribution in [3.8, 4) is 11.3 Å². The lowest BCUT2D eigenvalue weighted by molar-refractivity contribution is 0.00439. The number of β-amino-alcohol motifs (C(OH)–C–C–N with tert-alkyl or cyclic N) is 1. The summed E-state index contributed by atoms with van der Waals surface area (Å²) >= 11 is 0. The molecule has 1 saturated heterocycles. The average Bonchev–Trinajstić information content (AvgIpc) is 3.22. The molecule has 0 amide bonds. The van der Waals surface area contributed by atoms with E-state index >= 15 is 0 Å². The number of aliphatic hydroxyl groups excluding tert-OH is 1. The Morgan fingerprint density at radius 1 is 1.16 bits per heavy atom. The van der Waals surface area contributed by atoms with Gasteiger partial charge in [-0.25, -0.2) is 0 Å². The smallest absolute Gasteiger partial charge is 0.232 e. The van der Waals surface area contributed by atoms with Crippen molar-refractivity contribution in [3.05, 3.63) is 35.9 Å². The van der Waals surface area contributed by atoms with E-state index in [4.69, 9.17) is 14.0 Å². The summed E-state index contributed by atoms with van der Waals surface area (Å²) in [7, 11) is 1.71. The minimum atomic E-state index is -0.457. The summed E-state index contributed by atoms with van der Waals surface area (Å²) in [6.07, 6.45) is -0.457. The van der Waals surface area contributed by atoms with Crippen molar-refractivity contribution in [2.45, 2.75) is 26.5 Å². The average molecular weight is 447 g/mol. The van der Waals surface area contributed by atoms with Gasteiger partial charge in [-0.05, 0) is 13.8 Å². The van der Waals surface area contributed by atoms with Crippen LogP contribution in [0.2, 0.25) is 0 Å². The van der Waals surface area contributed by atoms with E-state index in [9.17, 15) is 5.11 Å². The van der Waals surface area contributed by atoms with E-state index in [0.29, 0.717) is 32.8 Å². The summed E-state index contributed by atoms with van der Waals surface area (Å²) in [5.74, 6) is 0.805. The number of aromatic nitrogens is 1. The number of methoxy groups -OCH3 is 1. The van der Waals surface area contributed by atoms with Gasteiger partial charge in [-0.1, -0.05) is 35.5 Å². The predicted octanol–water partition coefficient (Wildman–Crippen LogP) is 2.33. The van der Waals surface area contributed by atoms with E-state index in [1.807, 2.05) is 18.2 Å². The van der Waals surface area contributed by atoms with E-state index in [1.54, 1.807) is 7.11 Å². The van der Waals surface area contributed by atoms with Crippen LogP contribution in [-0.4, -0.2) is 98.9 Å². The third kappa shape index (κ3) is 6.76. The van der Waals surface area contributed by atoms with Gasteiger partial charge in [-0.2, -0.15) is 0 Å². The van der Waals surface area contributed by atoms with Gasteiger partial charge in [-0.15, -0.1) is 0 Å². The lowest BCUT2D eigenvalue weighted by Crippen LogP contribution is -2.45. The molecule has 0 bridgehead atoms. The van der Waals surface area contributed by atoms with Gasteiger partial charge in [0.15, 0.2) is 0 Å². The van der Waals surface area contributed by atoms with Crippen LogP contribution < -0.4 is 4.90 Å². The number of benzene rings is 1. The number of hydrogen-bond acceptors (Lipinski definition) is 8. The van der Waals surface area contributed by atoms with Crippen molar-refractivity contribution >= 4 is 5.88 Å². The summed E-state index contributed by atoms with van der Waals surface area (Å²) in [5, 5.41) is 15.3. The number of rotatable bonds is 13. The van der Waals surface area contributed by atoms with Crippen LogP contribution in [-0.2, 0) is 16.0 Å². The van der Waals surface area contributed by atoms with Crippen molar-refractivity contribution in [2.75, 3.05) is 77.6 Å². The van der Waals surface area contributed by atoms with E-state index in [-0.39, 0.29) is 0 Å². The molecule has 1 N–H and O–H groups in total. The molecule has 0 radical (unpaired) electrons. The van der Waals surface area contributed by atoms with Crippen LogP contribution in [0.25, 0.3) is 11.3 Å². The van der Waals surface area contributed by atoms with E-state index in [2.05, 4.69) is 45.8 Å². The van der Waals surface area contributed by atoms with Crippen LogP contribution in [0.15, 0.2) is 34.9 Å². The van der Waals surface area contributed by atoms with Crippen LogP contribution >= 0.6 is 0 Å². The largest absolute Gasteiger partial charge is 0.390 e. The number of morpholine rings is 1. The van der Waals surface area contributed by atoms with Crippen molar-refractivity contribution < 1.29 is 19.1 Å². The number of ether oxygens (including phenoxy) is 2. The lowest BCUT2D eigenvalue weighted by Gasteiger charge is -2.31. The Bertz CT molecular complexity index is 776. The Morgan fingerprint density at radius 3 is 2.53 bits per heavy atom. The zero-order valence-corrected chi connectivity index (χ0v) is 19.7. The molecule has 0 aliphatic carbocycles. The predicted molar refractivity (Wildman–Crippen MR) is 126 cm³/mol. The van der Waals surface area contributed by atoms with Crippen LogP contribution in [0.5, 0.6) is 0 Å². The first-order valence-electron chi connectivity index (χ1n) is 11.6. The molecule has 0 spiro atoms. The van der Waals surface area contributed by atoms with Crippen molar-refractivity contribution in [1.82, 2.24) is 15.0 Å². The molecule has 2 heterocycles. The van der Waals surface area contributed by atoms with E-state index < -0.39 is 6.10 Å². The van der Waals surface area contributed by atoms with Crippen LogP contribution in [0.4, 0.5) is 5.88 Å². The van der Waals surface area contributed by atoms with Crippen LogP contribution in [0.3, 0.4) is 0 Å². The van der Waals surface area contributed by atoms with Gasteiger partial charge in [0.1, 0.15) is 5.69 Å². The molecular weight excluding hydrogens is 408 g/mol. The highest BCUT2D eigenvalue weighted by atomic mass is 16.5. The molecule has 1 unspecified atom stereocenters. The quantitative estimate of drug-likeness (QED) is 0.503. The molecular formula is C24H38N4O4. The third-order valence-electron chi connectivity index (χ3n) is 5.90. The first kappa shape index (κ1) is 24.7. The molecule has 1 aromatic carbocycles. The maximum atomic E-state index is 10.8. The fraction of sp³-hybridized carbons (Fsp3) is 0.625. The second kappa shape index (κ2) is 12.9. The molecule has 8 heteroatoms. The second-order valence-electron chi connectivity index (χ2n) is 8.15. The highest BCUT2D eigenvalue weighted by Crippen LogP contribution is 2.32. The molecule has 178 valence electrons. The maximum absolute atomic E-state index is 10.8. The van der Waals surface area contributed by atoms with Gasteiger partial charge in [0.25, 0.3) is 0 Å². The molecule has 1 fully saturated rings. The van der Waals surface area contributed by atoms with E-state index in [0.717, 1.165) is 62.1 Å². The molecule has 3 rings (SSSR count). The van der Waals surface area contributed by atoms with Gasteiger partial charge in [0, 0.05) is 65.0 Å². The maximum Gasteiger partial charge on any atom is 0.232 e. The first-order chi connectivity index (χ1) is 15.7. The Hall–Kier alpha value is -1.97. The SMILES string of the molecule is CCN(CC)c1onc(-c2ccccc2)c1CN(CCOC)CC(O)CN1CCOCC1. The second-order valence-corrected chi connectivity index (χ2v) is 8.15. The van der Waals surface area contributed by atoms with Crippen LogP contribution in [0, 0.1) is 0 Å². The molecule has 1 aliphatic heterocycles. The zero-order chi connectivity index (χ0) is 22.8. The Balaban J connectivity index is 1.81. The third-order valence-corrected chi connectivity index (χ3v) is 5.90. The number of anilines is 1. The topological polar surface area (TPSA) is 74.4 Å². The summed E-state index contributed by atoms with van der Waals surface area (Å²) in [6.45, 7) is 12.2. The molecule has 1 atom stereocenters. The highest BCUT2D eigenvalue weighted by molar-refractivity contribution is 5.68. The Kier molecular flexibility index (Phi) is 9.95. The standard InChI is InChI=1S/C24H38N4O4/c1-4-28(5-2)24-22(23(25-32-24)20-9-7-6-8-10-20)19-27(11-14-30-3)18-21(29)17-26-12-15-31-16-13-26/h6-10,21,29H,4-5,11-19H2,1-3H3. The van der Waals surface area contributed by atoms with Crippen molar-refractivity contribution in [3.63, 3.8) is 0 Å². The van der Waals surface area contributed by atoms with Gasteiger partial charge >= 0.3 is 0 Å². The summed E-state index contributed by atoms with van der Waals surface area (Å²) in [5.41, 5.74) is 2.94. The lowest BCUT2D eigenvalue weighted by atomic mass is 10.1. The zero-order valence-electron chi connectivity index (χ0n) is 19.7. The fourth-order valence-corrected chi connectivity index (χ4v) is 4.14. The van der Waals surface area contributed by atoms with E-state index in [1.165, 1.54) is 0 Å². The van der Waals surface area contributed by atoms with Crippen LogP contribution in [0.1, 0.15) is 19.4 Å². The molecule has 2 aromatic rings. The van der Waals surface area contributed by atoms with Crippen molar-refractivity contribution in [2.24, 2.45) is 0 Å². The first-order valence-corrected chi connectivity index (χ1v) is 11.6.